The van der Waals surface area contributed by atoms with Gasteiger partial charge >= 0.3 is 0 Å². The molecule has 3 aromatic carbocycles. The Bertz CT molecular complexity index is 1420. The Morgan fingerprint density at radius 1 is 0.909 bits per heavy atom. The second-order valence-corrected chi connectivity index (χ2v) is 11.4. The van der Waals surface area contributed by atoms with Gasteiger partial charge < -0.3 is 5.32 Å². The molecule has 0 heterocycles. The minimum absolute atomic E-state index is 0.0384. The van der Waals surface area contributed by atoms with Crippen LogP contribution in [0, 0.1) is 6.92 Å². The molecular formula is C22H22ClN3O5S2. The first-order valence-electron chi connectivity index (χ1n) is 9.61. The number of anilines is 3. The van der Waals surface area contributed by atoms with Gasteiger partial charge in [0.1, 0.15) is 4.90 Å². The van der Waals surface area contributed by atoms with Crippen molar-refractivity contribution in [3.63, 3.8) is 0 Å². The molecule has 0 fully saturated rings. The molecule has 0 saturated heterocycles. The molecule has 3 rings (SSSR count). The summed E-state index contributed by atoms with van der Waals surface area (Å²) < 4.78 is 52.8. The van der Waals surface area contributed by atoms with Gasteiger partial charge in [-0.2, -0.15) is 0 Å². The van der Waals surface area contributed by atoms with Gasteiger partial charge in [0.2, 0.25) is 10.0 Å². The SMILES string of the molecule is Cc1cccc(NS(=O)(=O)c2cc(C(=O)Nc3cccc(N(C)S(C)(=O)=O)c3)ccc2Cl)c1. The zero-order chi connectivity index (χ0) is 24.4. The smallest absolute Gasteiger partial charge is 0.263 e. The largest absolute Gasteiger partial charge is 0.322 e. The number of amides is 1. The molecule has 0 aliphatic carbocycles. The molecule has 0 spiro atoms. The van der Waals surface area contributed by atoms with E-state index in [1.807, 2.05) is 13.0 Å². The van der Waals surface area contributed by atoms with Gasteiger partial charge in [-0.1, -0.05) is 29.8 Å². The number of nitrogens with zero attached hydrogens (tertiary/aromatic N) is 1. The number of nitrogens with one attached hydrogen (secondary N) is 2. The van der Waals surface area contributed by atoms with Crippen LogP contribution in [0.5, 0.6) is 0 Å². The van der Waals surface area contributed by atoms with Crippen molar-refractivity contribution >= 4 is 54.6 Å². The van der Waals surface area contributed by atoms with Crippen LogP contribution in [0.25, 0.3) is 0 Å². The standard InChI is InChI=1S/C22H22ClN3O5S2/c1-15-6-4-8-18(12-15)25-33(30,31)21-13-16(10-11-20(21)23)22(27)24-17-7-5-9-19(14-17)26(2)32(3,28)29/h4-14,25H,1-3H3,(H,24,27). The lowest BCUT2D eigenvalue weighted by atomic mass is 10.2. The zero-order valence-electron chi connectivity index (χ0n) is 18.0. The lowest BCUT2D eigenvalue weighted by molar-refractivity contribution is 0.102. The molecule has 1 amide bonds. The summed E-state index contributed by atoms with van der Waals surface area (Å²) in [5.41, 5.74) is 2.00. The van der Waals surface area contributed by atoms with Crippen LogP contribution in [0.2, 0.25) is 5.02 Å². The minimum Gasteiger partial charge on any atom is -0.322 e. The van der Waals surface area contributed by atoms with E-state index in [1.165, 1.54) is 31.3 Å². The van der Waals surface area contributed by atoms with E-state index in [4.69, 9.17) is 11.6 Å². The van der Waals surface area contributed by atoms with Crippen LogP contribution in [-0.4, -0.2) is 36.0 Å². The van der Waals surface area contributed by atoms with E-state index in [-0.39, 0.29) is 15.5 Å². The first kappa shape index (κ1) is 24.6. The number of rotatable bonds is 7. The van der Waals surface area contributed by atoms with E-state index in [1.54, 1.807) is 36.4 Å². The summed E-state index contributed by atoms with van der Waals surface area (Å²) in [6.07, 6.45) is 1.07. The van der Waals surface area contributed by atoms with E-state index in [0.29, 0.717) is 17.1 Å². The highest BCUT2D eigenvalue weighted by Crippen LogP contribution is 2.26. The fourth-order valence-electron chi connectivity index (χ4n) is 2.94. The van der Waals surface area contributed by atoms with Gasteiger partial charge in [-0.3, -0.25) is 13.8 Å². The van der Waals surface area contributed by atoms with Crippen molar-refractivity contribution in [1.29, 1.82) is 0 Å². The summed E-state index contributed by atoms with van der Waals surface area (Å²) in [6.45, 7) is 1.83. The first-order chi connectivity index (χ1) is 15.4. The van der Waals surface area contributed by atoms with E-state index < -0.39 is 26.0 Å². The fourth-order valence-corrected chi connectivity index (χ4v) is 5.02. The number of hydrogen-bond donors (Lipinski definition) is 2. The summed E-state index contributed by atoms with van der Waals surface area (Å²) >= 11 is 6.13. The first-order valence-corrected chi connectivity index (χ1v) is 13.3. The van der Waals surface area contributed by atoms with Crippen LogP contribution >= 0.6 is 11.6 Å². The number of halogens is 1. The second kappa shape index (κ2) is 9.42. The predicted octanol–water partition coefficient (Wildman–Crippen LogP) is 4.10. The molecule has 0 aliphatic rings. The van der Waals surface area contributed by atoms with Crippen molar-refractivity contribution in [1.82, 2.24) is 0 Å². The predicted molar refractivity (Wildman–Crippen MR) is 131 cm³/mol. The highest BCUT2D eigenvalue weighted by atomic mass is 35.5. The van der Waals surface area contributed by atoms with E-state index >= 15 is 0 Å². The molecule has 174 valence electrons. The van der Waals surface area contributed by atoms with Crippen LogP contribution in [0.4, 0.5) is 17.1 Å². The fraction of sp³-hybridized carbons (Fsp3) is 0.136. The molecule has 2 N–H and O–H groups in total. The molecule has 3 aromatic rings. The van der Waals surface area contributed by atoms with Gasteiger partial charge in [0, 0.05) is 24.0 Å². The summed E-state index contributed by atoms with van der Waals surface area (Å²) in [5.74, 6) is -0.585. The second-order valence-electron chi connectivity index (χ2n) is 7.36. The number of sulfonamides is 2. The summed E-state index contributed by atoms with van der Waals surface area (Å²) in [7, 11) is -6.14. The Hall–Kier alpha value is -3.08. The van der Waals surface area contributed by atoms with Crippen molar-refractivity contribution in [2.24, 2.45) is 0 Å². The van der Waals surface area contributed by atoms with Gasteiger partial charge in [0.15, 0.2) is 0 Å². The maximum Gasteiger partial charge on any atom is 0.263 e. The van der Waals surface area contributed by atoms with Gasteiger partial charge in [-0.25, -0.2) is 16.8 Å². The lowest BCUT2D eigenvalue weighted by Gasteiger charge is -2.17. The molecule has 0 unspecified atom stereocenters. The Kier molecular flexibility index (Phi) is 7.01. The van der Waals surface area contributed by atoms with E-state index in [0.717, 1.165) is 16.1 Å². The van der Waals surface area contributed by atoms with Gasteiger partial charge in [-0.05, 0) is 61.0 Å². The average molecular weight is 508 g/mol. The third-order valence-corrected chi connectivity index (χ3v) is 7.79. The molecule has 33 heavy (non-hydrogen) atoms. The molecule has 0 bridgehead atoms. The Morgan fingerprint density at radius 3 is 2.24 bits per heavy atom. The van der Waals surface area contributed by atoms with Crippen molar-refractivity contribution in [3.8, 4) is 0 Å². The molecule has 0 saturated carbocycles. The zero-order valence-corrected chi connectivity index (χ0v) is 20.4. The lowest BCUT2D eigenvalue weighted by Crippen LogP contribution is -2.24. The maximum absolute atomic E-state index is 12.9. The number of benzene rings is 3. The van der Waals surface area contributed by atoms with Gasteiger partial charge in [0.25, 0.3) is 15.9 Å². The van der Waals surface area contributed by atoms with Crippen LogP contribution in [-0.2, 0) is 20.0 Å². The highest BCUT2D eigenvalue weighted by molar-refractivity contribution is 7.93. The topological polar surface area (TPSA) is 113 Å². The summed E-state index contributed by atoms with van der Waals surface area (Å²) in [6, 6.07) is 17.0. The van der Waals surface area contributed by atoms with E-state index in [9.17, 15) is 21.6 Å². The molecular weight excluding hydrogens is 486 g/mol. The molecule has 0 aromatic heterocycles. The minimum atomic E-state index is -4.06. The molecule has 0 radical (unpaired) electrons. The maximum atomic E-state index is 12.9. The van der Waals surface area contributed by atoms with Gasteiger partial charge in [-0.15, -0.1) is 0 Å². The Balaban J connectivity index is 1.87. The molecule has 11 heteroatoms. The molecule has 0 atom stereocenters. The Morgan fingerprint density at radius 2 is 1.58 bits per heavy atom. The number of aryl methyl sites for hydroxylation is 1. The van der Waals surface area contributed by atoms with Crippen LogP contribution in [0.15, 0.2) is 71.6 Å². The summed E-state index contributed by atoms with van der Waals surface area (Å²) in [4.78, 5) is 12.5. The Labute approximate surface area is 198 Å². The number of carbonyl (C=O) groups excluding carboxylic acids is 1. The van der Waals surface area contributed by atoms with Crippen LogP contribution < -0.4 is 14.3 Å². The molecule has 0 aliphatic heterocycles. The van der Waals surface area contributed by atoms with E-state index in [2.05, 4.69) is 10.0 Å². The number of carbonyl (C=O) groups is 1. The molecule has 8 nitrogen and oxygen atoms in total. The van der Waals surface area contributed by atoms with Crippen LogP contribution in [0.3, 0.4) is 0 Å². The summed E-state index contributed by atoms with van der Waals surface area (Å²) in [5, 5.41) is 2.60. The third kappa shape index (κ3) is 6.04. The highest BCUT2D eigenvalue weighted by Gasteiger charge is 2.21. The van der Waals surface area contributed by atoms with Crippen molar-refractivity contribution in [2.45, 2.75) is 11.8 Å². The quantitative estimate of drug-likeness (QED) is 0.500. The van der Waals surface area contributed by atoms with Gasteiger partial charge in [0.05, 0.1) is 17.0 Å². The van der Waals surface area contributed by atoms with Crippen molar-refractivity contribution in [3.05, 3.63) is 82.9 Å². The third-order valence-electron chi connectivity index (χ3n) is 4.72. The van der Waals surface area contributed by atoms with Crippen molar-refractivity contribution < 1.29 is 21.6 Å². The van der Waals surface area contributed by atoms with Crippen LogP contribution in [0.1, 0.15) is 15.9 Å². The monoisotopic (exact) mass is 507 g/mol. The normalized spacial score (nSPS) is 11.6. The number of hydrogen-bond acceptors (Lipinski definition) is 5. The van der Waals surface area contributed by atoms with Crippen molar-refractivity contribution in [2.75, 3.05) is 27.6 Å². The average Bonchev–Trinajstić information content (AvgIpc) is 2.72.